The van der Waals surface area contributed by atoms with Gasteiger partial charge in [0.25, 0.3) is 0 Å². The van der Waals surface area contributed by atoms with E-state index in [4.69, 9.17) is 19.4 Å². The summed E-state index contributed by atoms with van der Waals surface area (Å²) in [6.07, 6.45) is 6.19. The van der Waals surface area contributed by atoms with E-state index < -0.39 is 0 Å². The number of aromatic nitrogens is 3. The summed E-state index contributed by atoms with van der Waals surface area (Å²) in [4.78, 5) is 38.9. The molecule has 0 spiro atoms. The lowest BCUT2D eigenvalue weighted by Gasteiger charge is -2.34. The number of hydrogen-bond donors (Lipinski definition) is 2. The van der Waals surface area contributed by atoms with Gasteiger partial charge in [-0.2, -0.15) is 0 Å². The number of pyridine rings is 1. The average molecular weight is 716 g/mol. The second-order valence-corrected chi connectivity index (χ2v) is 15.6. The van der Waals surface area contributed by atoms with E-state index in [9.17, 15) is 9.59 Å². The first-order valence-corrected chi connectivity index (χ1v) is 19.2. The Balaban J connectivity index is 1.48. The van der Waals surface area contributed by atoms with Gasteiger partial charge >= 0.3 is 5.97 Å². The molecule has 0 saturated carbocycles. The molecule has 2 N–H and O–H groups in total. The predicted octanol–water partition coefficient (Wildman–Crippen LogP) is 5.81. The molecule has 2 unspecified atom stereocenters. The molecule has 0 bridgehead atoms. The van der Waals surface area contributed by atoms with Crippen molar-refractivity contribution in [1.29, 1.82) is 0 Å². The number of carbonyl (C=O) groups is 2. The van der Waals surface area contributed by atoms with E-state index in [1.807, 2.05) is 6.20 Å². The number of rotatable bonds is 14. The van der Waals surface area contributed by atoms with Crippen LogP contribution in [0, 0.1) is 5.41 Å². The van der Waals surface area contributed by atoms with E-state index in [1.54, 1.807) is 18.4 Å². The number of benzene rings is 1. The maximum atomic E-state index is 13.1. The zero-order valence-electron chi connectivity index (χ0n) is 31.0. The standard InChI is InChI=1S/C39H53N7O4S/c1-7-46-34-13-12-27(33-24-51-35(42-33)11-9-19-47)20-29(34)31(22-39(3,4)25-50-38(48)32-10-8-14-41-43-32)37(46)30-21-28(23-40-36(30)26(2)49-6)45-17-15-44(5)16-18-45/h12-13,19-21,23-24,26,32,41,43H,7-11,14-18,22,25H2,1-6H3. The first-order valence-electron chi connectivity index (χ1n) is 18.3. The third-order valence-corrected chi connectivity index (χ3v) is 11.1. The molecule has 2 fully saturated rings. The summed E-state index contributed by atoms with van der Waals surface area (Å²) in [5.41, 5.74) is 14.2. The Bertz CT molecular complexity index is 1820. The van der Waals surface area contributed by atoms with Gasteiger partial charge in [0.1, 0.15) is 12.3 Å². The Labute approximate surface area is 305 Å². The number of thiazole rings is 1. The van der Waals surface area contributed by atoms with Gasteiger partial charge in [-0.1, -0.05) is 19.9 Å². The minimum atomic E-state index is -0.381. The van der Waals surface area contributed by atoms with Crippen molar-refractivity contribution < 1.29 is 19.1 Å². The Kier molecular flexibility index (Phi) is 11.9. The number of fused-ring (bicyclic) bond motifs is 1. The van der Waals surface area contributed by atoms with Crippen molar-refractivity contribution in [3.63, 3.8) is 0 Å². The van der Waals surface area contributed by atoms with Gasteiger partial charge in [-0.25, -0.2) is 10.4 Å². The second-order valence-electron chi connectivity index (χ2n) is 14.6. The van der Waals surface area contributed by atoms with Crippen LogP contribution in [0.1, 0.15) is 69.3 Å². The van der Waals surface area contributed by atoms with Gasteiger partial charge < -0.3 is 28.6 Å². The fraction of sp³-hybridized carbons (Fsp3) is 0.538. The number of likely N-dealkylation sites (N-methyl/N-ethyl adjacent to an activating group) is 1. The highest BCUT2D eigenvalue weighted by Gasteiger charge is 2.31. The number of piperazine rings is 1. The molecule has 1 aromatic carbocycles. The van der Waals surface area contributed by atoms with Gasteiger partial charge in [0.05, 0.1) is 46.7 Å². The number of hydrazine groups is 1. The largest absolute Gasteiger partial charge is 0.464 e. The molecule has 274 valence electrons. The summed E-state index contributed by atoms with van der Waals surface area (Å²) < 4.78 is 14.3. The Morgan fingerprint density at radius 1 is 1.20 bits per heavy atom. The number of carbonyl (C=O) groups excluding carboxylic acids is 2. The summed E-state index contributed by atoms with van der Waals surface area (Å²) in [6, 6.07) is 8.58. The van der Waals surface area contributed by atoms with Crippen molar-refractivity contribution in [2.24, 2.45) is 5.41 Å². The second kappa shape index (κ2) is 16.3. The van der Waals surface area contributed by atoms with E-state index in [1.165, 1.54) is 5.56 Å². The molecule has 2 atom stereocenters. The highest BCUT2D eigenvalue weighted by Crippen LogP contribution is 2.43. The molecule has 3 aromatic heterocycles. The minimum Gasteiger partial charge on any atom is -0.464 e. The predicted molar refractivity (Wildman–Crippen MR) is 204 cm³/mol. The summed E-state index contributed by atoms with van der Waals surface area (Å²) in [5, 5.41) is 4.18. The van der Waals surface area contributed by atoms with Crippen molar-refractivity contribution in [3.8, 4) is 22.5 Å². The fourth-order valence-electron chi connectivity index (χ4n) is 7.20. The molecular formula is C39H53N7O4S. The van der Waals surface area contributed by atoms with Gasteiger partial charge in [0, 0.05) is 92.0 Å². The van der Waals surface area contributed by atoms with Crippen LogP contribution in [0.25, 0.3) is 33.4 Å². The van der Waals surface area contributed by atoms with Crippen LogP contribution < -0.4 is 15.8 Å². The smallest absolute Gasteiger partial charge is 0.324 e. The molecule has 4 aromatic rings. The fourth-order valence-corrected chi connectivity index (χ4v) is 8.03. The highest BCUT2D eigenvalue weighted by molar-refractivity contribution is 7.09. The van der Waals surface area contributed by atoms with Crippen molar-refractivity contribution in [2.45, 2.75) is 78.5 Å². The lowest BCUT2D eigenvalue weighted by atomic mass is 9.84. The molecule has 11 nitrogen and oxygen atoms in total. The zero-order chi connectivity index (χ0) is 36.1. The zero-order valence-corrected chi connectivity index (χ0v) is 31.8. The number of aryl methyl sites for hydroxylation is 2. The molecule has 51 heavy (non-hydrogen) atoms. The number of hydrogen-bond acceptors (Lipinski definition) is 11. The number of nitrogens with zero attached hydrogens (tertiary/aromatic N) is 5. The first kappa shape index (κ1) is 37.1. The van der Waals surface area contributed by atoms with Crippen LogP contribution in [0.15, 0.2) is 35.8 Å². The SMILES string of the molecule is CCn1c(-c2cc(N3CCN(C)CC3)cnc2C(C)OC)c(CC(C)(C)COC(=O)C2CCCNN2)c2cc(-c3csc(CCC=O)n3)ccc21. The topological polar surface area (TPSA) is 114 Å². The van der Waals surface area contributed by atoms with Gasteiger partial charge in [0.15, 0.2) is 0 Å². The monoisotopic (exact) mass is 715 g/mol. The van der Waals surface area contributed by atoms with Crippen LogP contribution in [0.3, 0.4) is 0 Å². The molecule has 2 aliphatic rings. The van der Waals surface area contributed by atoms with E-state index in [2.05, 4.69) is 89.6 Å². The summed E-state index contributed by atoms with van der Waals surface area (Å²) in [6.45, 7) is 14.4. The maximum absolute atomic E-state index is 13.1. The van der Waals surface area contributed by atoms with Gasteiger partial charge in [-0.15, -0.1) is 11.3 Å². The molecule has 12 heteroatoms. The summed E-state index contributed by atoms with van der Waals surface area (Å²) >= 11 is 1.59. The van der Waals surface area contributed by atoms with Gasteiger partial charge in [-0.05, 0) is 63.9 Å². The first-order chi connectivity index (χ1) is 24.6. The van der Waals surface area contributed by atoms with Gasteiger partial charge in [-0.3, -0.25) is 15.2 Å². The third-order valence-electron chi connectivity index (χ3n) is 10.2. The normalized spacial score (nSPS) is 17.9. The molecule has 0 amide bonds. The van der Waals surface area contributed by atoms with Crippen LogP contribution >= 0.6 is 11.3 Å². The summed E-state index contributed by atoms with van der Waals surface area (Å²) in [5.74, 6) is -0.219. The minimum absolute atomic E-state index is 0.219. The molecule has 2 aliphatic heterocycles. The van der Waals surface area contributed by atoms with E-state index in [-0.39, 0.29) is 30.1 Å². The number of nitrogens with one attached hydrogen (secondary N) is 2. The Hall–Kier alpha value is -3.68. The molecular weight excluding hydrogens is 663 g/mol. The van der Waals surface area contributed by atoms with Gasteiger partial charge in [0.2, 0.25) is 0 Å². The van der Waals surface area contributed by atoms with Crippen LogP contribution in [0.2, 0.25) is 0 Å². The maximum Gasteiger partial charge on any atom is 0.324 e. The molecule has 0 aliphatic carbocycles. The van der Waals surface area contributed by atoms with Crippen molar-refractivity contribution >= 4 is 40.2 Å². The van der Waals surface area contributed by atoms with Crippen LogP contribution in [-0.4, -0.2) is 91.2 Å². The Morgan fingerprint density at radius 2 is 2.00 bits per heavy atom. The summed E-state index contributed by atoms with van der Waals surface area (Å²) in [7, 11) is 3.91. The quantitative estimate of drug-likeness (QED) is 0.123. The number of esters is 1. The lowest BCUT2D eigenvalue weighted by molar-refractivity contribution is -0.150. The molecule has 2 saturated heterocycles. The number of methoxy groups -OCH3 is 1. The van der Waals surface area contributed by atoms with E-state index >= 15 is 0 Å². The molecule has 5 heterocycles. The van der Waals surface area contributed by atoms with E-state index in [0.29, 0.717) is 19.3 Å². The number of aldehydes is 1. The average Bonchev–Trinajstić information content (AvgIpc) is 3.75. The highest BCUT2D eigenvalue weighted by atomic mass is 32.1. The van der Waals surface area contributed by atoms with Crippen LogP contribution in [-0.2, 0) is 38.4 Å². The van der Waals surface area contributed by atoms with Crippen molar-refractivity contribution in [3.05, 3.63) is 52.1 Å². The van der Waals surface area contributed by atoms with Crippen molar-refractivity contribution in [1.82, 2.24) is 30.3 Å². The number of anilines is 1. The van der Waals surface area contributed by atoms with Crippen molar-refractivity contribution in [2.75, 3.05) is 58.4 Å². The van der Waals surface area contributed by atoms with Crippen LogP contribution in [0.5, 0.6) is 0 Å². The van der Waals surface area contributed by atoms with E-state index in [0.717, 1.165) is 108 Å². The molecule has 0 radical (unpaired) electrons. The Morgan fingerprint density at radius 3 is 2.71 bits per heavy atom. The number of ether oxygens (including phenoxy) is 2. The third kappa shape index (κ3) is 8.36. The molecule has 6 rings (SSSR count). The van der Waals surface area contributed by atoms with Crippen LogP contribution in [0.4, 0.5) is 5.69 Å². The lowest BCUT2D eigenvalue weighted by Crippen LogP contribution is -2.50.